The molecule has 0 radical (unpaired) electrons. The molecule has 2 aromatic rings. The molecule has 2 aliphatic rings. The molecule has 2 aliphatic heterocycles. The van der Waals surface area contributed by atoms with E-state index in [-0.39, 0.29) is 11.8 Å². The predicted molar refractivity (Wildman–Crippen MR) is 100 cm³/mol. The quantitative estimate of drug-likeness (QED) is 0.902. The third-order valence-electron chi connectivity index (χ3n) is 4.55. The van der Waals surface area contributed by atoms with Crippen molar-refractivity contribution >= 4 is 35.0 Å². The summed E-state index contributed by atoms with van der Waals surface area (Å²) >= 11 is 1.51. The van der Waals surface area contributed by atoms with Gasteiger partial charge in [0, 0.05) is 42.3 Å². The molecule has 0 atom stereocenters. The summed E-state index contributed by atoms with van der Waals surface area (Å²) in [6.07, 6.45) is 0. The van der Waals surface area contributed by atoms with Crippen LogP contribution in [0.2, 0.25) is 0 Å². The lowest BCUT2D eigenvalue weighted by molar-refractivity contribution is -0.113. The highest BCUT2D eigenvalue weighted by molar-refractivity contribution is 8.00. The van der Waals surface area contributed by atoms with Crippen LogP contribution in [-0.2, 0) is 4.79 Å². The number of nitrogens with zero attached hydrogens (tertiary/aromatic N) is 2. The van der Waals surface area contributed by atoms with Gasteiger partial charge in [0.1, 0.15) is 0 Å². The number of hydrogen-bond donors (Lipinski definition) is 1. The maximum atomic E-state index is 12.8. The fourth-order valence-electron chi connectivity index (χ4n) is 3.21. The van der Waals surface area contributed by atoms with Crippen molar-refractivity contribution in [1.82, 2.24) is 4.90 Å². The zero-order valence-corrected chi connectivity index (χ0v) is 14.6. The summed E-state index contributed by atoms with van der Waals surface area (Å²) in [7, 11) is 0. The van der Waals surface area contributed by atoms with E-state index in [2.05, 4.69) is 22.3 Å². The number of para-hydroxylation sites is 1. The molecular formula is C19H19N3O2S. The summed E-state index contributed by atoms with van der Waals surface area (Å²) in [6.45, 7) is 3.05. The molecule has 0 aliphatic carbocycles. The second-order valence-corrected chi connectivity index (χ2v) is 7.18. The standard InChI is InChI=1S/C19H19N3O2S/c23-18-13-25-17-7-6-14(12-16(17)20-18)19(24)22-10-8-21(9-11-22)15-4-2-1-3-5-15/h1-7,12H,8-11,13H2,(H,20,23). The molecular weight excluding hydrogens is 334 g/mol. The largest absolute Gasteiger partial charge is 0.368 e. The number of thioether (sulfide) groups is 1. The molecule has 1 fully saturated rings. The lowest BCUT2D eigenvalue weighted by Crippen LogP contribution is -2.48. The first-order chi connectivity index (χ1) is 12.2. The molecule has 1 N–H and O–H groups in total. The van der Waals surface area contributed by atoms with E-state index in [4.69, 9.17) is 0 Å². The molecule has 2 heterocycles. The van der Waals surface area contributed by atoms with Gasteiger partial charge in [-0.05, 0) is 30.3 Å². The van der Waals surface area contributed by atoms with Gasteiger partial charge in [-0.3, -0.25) is 9.59 Å². The summed E-state index contributed by atoms with van der Waals surface area (Å²) in [5.41, 5.74) is 2.58. The Kier molecular flexibility index (Phi) is 4.36. The minimum atomic E-state index is -0.0152. The van der Waals surface area contributed by atoms with Crippen LogP contribution in [0.25, 0.3) is 0 Å². The van der Waals surface area contributed by atoms with Gasteiger partial charge in [-0.1, -0.05) is 18.2 Å². The molecule has 2 amide bonds. The third-order valence-corrected chi connectivity index (χ3v) is 5.62. The lowest BCUT2D eigenvalue weighted by atomic mass is 10.1. The van der Waals surface area contributed by atoms with Crippen LogP contribution in [-0.4, -0.2) is 48.6 Å². The van der Waals surface area contributed by atoms with Gasteiger partial charge in [0.15, 0.2) is 0 Å². The minimum absolute atomic E-state index is 0.0152. The average molecular weight is 353 g/mol. The fourth-order valence-corrected chi connectivity index (χ4v) is 3.99. The number of rotatable bonds is 2. The van der Waals surface area contributed by atoms with Crippen molar-refractivity contribution in [2.45, 2.75) is 4.90 Å². The monoisotopic (exact) mass is 353 g/mol. The number of carbonyl (C=O) groups excluding carboxylic acids is 2. The van der Waals surface area contributed by atoms with E-state index in [0.717, 1.165) is 23.7 Å². The Balaban J connectivity index is 1.44. The van der Waals surface area contributed by atoms with E-state index in [1.165, 1.54) is 17.4 Å². The first-order valence-corrected chi connectivity index (χ1v) is 9.35. The number of hydrogen-bond acceptors (Lipinski definition) is 4. The van der Waals surface area contributed by atoms with E-state index in [1.54, 1.807) is 6.07 Å². The van der Waals surface area contributed by atoms with E-state index < -0.39 is 0 Å². The van der Waals surface area contributed by atoms with Crippen LogP contribution in [0.4, 0.5) is 11.4 Å². The number of anilines is 2. The van der Waals surface area contributed by atoms with Crippen molar-refractivity contribution in [2.75, 3.05) is 42.1 Å². The highest BCUT2D eigenvalue weighted by Crippen LogP contribution is 2.32. The van der Waals surface area contributed by atoms with Gasteiger partial charge in [0.25, 0.3) is 5.91 Å². The SMILES string of the molecule is O=C1CSc2ccc(C(=O)N3CCN(c4ccccc4)CC3)cc2N1. The molecule has 2 aromatic carbocycles. The maximum absolute atomic E-state index is 12.8. The summed E-state index contributed by atoms with van der Waals surface area (Å²) in [6, 6.07) is 15.9. The Hall–Kier alpha value is -2.47. The Labute approximate surface area is 151 Å². The predicted octanol–water partition coefficient (Wildman–Crippen LogP) is 2.69. The van der Waals surface area contributed by atoms with E-state index >= 15 is 0 Å². The first kappa shape index (κ1) is 16.0. The van der Waals surface area contributed by atoms with Gasteiger partial charge < -0.3 is 15.1 Å². The van der Waals surface area contributed by atoms with Gasteiger partial charge >= 0.3 is 0 Å². The van der Waals surface area contributed by atoms with Crippen molar-refractivity contribution in [2.24, 2.45) is 0 Å². The van der Waals surface area contributed by atoms with E-state index in [0.29, 0.717) is 24.4 Å². The number of fused-ring (bicyclic) bond motifs is 1. The van der Waals surface area contributed by atoms with Crippen molar-refractivity contribution in [3.05, 3.63) is 54.1 Å². The Morgan fingerprint density at radius 2 is 1.76 bits per heavy atom. The molecule has 128 valence electrons. The smallest absolute Gasteiger partial charge is 0.254 e. The number of amides is 2. The fraction of sp³-hybridized carbons (Fsp3) is 0.263. The average Bonchev–Trinajstić information content (AvgIpc) is 2.67. The highest BCUT2D eigenvalue weighted by atomic mass is 32.2. The second kappa shape index (κ2) is 6.80. The van der Waals surface area contributed by atoms with E-state index in [9.17, 15) is 9.59 Å². The topological polar surface area (TPSA) is 52.7 Å². The molecule has 1 saturated heterocycles. The van der Waals surface area contributed by atoms with Crippen LogP contribution in [0.3, 0.4) is 0 Å². The number of piperazine rings is 1. The number of benzene rings is 2. The van der Waals surface area contributed by atoms with Crippen molar-refractivity contribution in [1.29, 1.82) is 0 Å². The summed E-state index contributed by atoms with van der Waals surface area (Å²) in [5.74, 6) is 0.445. The first-order valence-electron chi connectivity index (χ1n) is 8.37. The molecule has 5 nitrogen and oxygen atoms in total. The summed E-state index contributed by atoms with van der Waals surface area (Å²) in [5, 5.41) is 2.85. The minimum Gasteiger partial charge on any atom is -0.368 e. The molecule has 4 rings (SSSR count). The molecule has 0 spiro atoms. The molecule has 0 bridgehead atoms. The molecule has 25 heavy (non-hydrogen) atoms. The summed E-state index contributed by atoms with van der Waals surface area (Å²) < 4.78 is 0. The molecule has 6 heteroatoms. The van der Waals surface area contributed by atoms with Crippen LogP contribution >= 0.6 is 11.8 Å². The number of carbonyl (C=O) groups is 2. The van der Waals surface area contributed by atoms with Gasteiger partial charge in [-0.25, -0.2) is 0 Å². The molecule has 0 unspecified atom stereocenters. The second-order valence-electron chi connectivity index (χ2n) is 6.16. The van der Waals surface area contributed by atoms with Crippen LogP contribution in [0.1, 0.15) is 10.4 Å². The van der Waals surface area contributed by atoms with E-state index in [1.807, 2.05) is 35.2 Å². The van der Waals surface area contributed by atoms with Crippen LogP contribution in [0.15, 0.2) is 53.4 Å². The van der Waals surface area contributed by atoms with Gasteiger partial charge in [0.05, 0.1) is 11.4 Å². The number of nitrogens with one attached hydrogen (secondary N) is 1. The van der Waals surface area contributed by atoms with Crippen molar-refractivity contribution in [3.63, 3.8) is 0 Å². The lowest BCUT2D eigenvalue weighted by Gasteiger charge is -2.36. The zero-order valence-electron chi connectivity index (χ0n) is 13.8. The van der Waals surface area contributed by atoms with Crippen molar-refractivity contribution < 1.29 is 9.59 Å². The third kappa shape index (κ3) is 3.35. The normalized spacial score (nSPS) is 17.0. The van der Waals surface area contributed by atoms with Crippen molar-refractivity contribution in [3.8, 4) is 0 Å². The van der Waals surface area contributed by atoms with Gasteiger partial charge in [0.2, 0.25) is 5.91 Å². The highest BCUT2D eigenvalue weighted by Gasteiger charge is 2.24. The summed E-state index contributed by atoms with van der Waals surface area (Å²) in [4.78, 5) is 29.6. The molecule has 0 saturated carbocycles. The Morgan fingerprint density at radius 3 is 2.52 bits per heavy atom. The van der Waals surface area contributed by atoms with Gasteiger partial charge in [-0.2, -0.15) is 0 Å². The van der Waals surface area contributed by atoms with Crippen LogP contribution in [0.5, 0.6) is 0 Å². The maximum Gasteiger partial charge on any atom is 0.254 e. The van der Waals surface area contributed by atoms with Gasteiger partial charge in [-0.15, -0.1) is 11.8 Å². The van der Waals surface area contributed by atoms with Crippen LogP contribution < -0.4 is 10.2 Å². The Morgan fingerprint density at radius 1 is 1.00 bits per heavy atom. The molecule has 0 aromatic heterocycles. The van der Waals surface area contributed by atoms with Crippen LogP contribution in [0, 0.1) is 0 Å². The Bertz CT molecular complexity index is 802. The zero-order chi connectivity index (χ0) is 17.2.